The van der Waals surface area contributed by atoms with Crippen LogP contribution >= 0.6 is 35.0 Å². The maximum absolute atomic E-state index is 13.3. The first-order chi connectivity index (χ1) is 15.2. The molecule has 0 heterocycles. The van der Waals surface area contributed by atoms with Gasteiger partial charge in [0, 0.05) is 28.9 Å². The van der Waals surface area contributed by atoms with Crippen molar-refractivity contribution in [1.29, 1.82) is 0 Å². The first-order valence-corrected chi connectivity index (χ1v) is 12.8. The van der Waals surface area contributed by atoms with E-state index in [2.05, 4.69) is 30.4 Å². The van der Waals surface area contributed by atoms with E-state index in [1.165, 1.54) is 11.1 Å². The van der Waals surface area contributed by atoms with Gasteiger partial charge in [0.15, 0.2) is 0 Å². The van der Waals surface area contributed by atoms with Gasteiger partial charge in [-0.1, -0.05) is 79.9 Å². The zero-order valence-corrected chi connectivity index (χ0v) is 21.5. The number of aryl methyl sites for hydroxylation is 1. The molecular weight excluding hydrogens is 463 g/mol. The molecule has 2 aromatic carbocycles. The summed E-state index contributed by atoms with van der Waals surface area (Å²) in [6, 6.07) is 12.9. The number of benzene rings is 2. The third-order valence-electron chi connectivity index (χ3n) is 5.00. The standard InChI is InChI=1S/C25H32Cl2N2O2S/c1-5-23(25(31)28-13-17(2)3)29(14-20-9-10-21(26)12-22(20)27)24(30)16-32-15-19-8-6-7-18(4)11-19/h6-12,17,23H,5,13-16H2,1-4H3,(H,28,31). The molecule has 2 amide bonds. The van der Waals surface area contributed by atoms with Gasteiger partial charge in [-0.15, -0.1) is 11.8 Å². The van der Waals surface area contributed by atoms with Crippen molar-refractivity contribution in [1.82, 2.24) is 10.2 Å². The predicted molar refractivity (Wildman–Crippen MR) is 136 cm³/mol. The summed E-state index contributed by atoms with van der Waals surface area (Å²) in [6.45, 7) is 8.88. The highest BCUT2D eigenvalue weighted by molar-refractivity contribution is 7.99. The molecular formula is C25H32Cl2N2O2S. The Morgan fingerprint density at radius 3 is 2.50 bits per heavy atom. The van der Waals surface area contributed by atoms with Gasteiger partial charge < -0.3 is 10.2 Å². The Hall–Kier alpha value is -1.69. The molecule has 0 aromatic heterocycles. The molecule has 0 aliphatic heterocycles. The number of rotatable bonds is 11. The van der Waals surface area contributed by atoms with Crippen molar-refractivity contribution in [3.63, 3.8) is 0 Å². The van der Waals surface area contributed by atoms with Gasteiger partial charge in [-0.2, -0.15) is 0 Å². The number of carbonyl (C=O) groups is 2. The van der Waals surface area contributed by atoms with Crippen LogP contribution in [0.3, 0.4) is 0 Å². The second-order valence-electron chi connectivity index (χ2n) is 8.30. The molecule has 0 aliphatic rings. The molecule has 0 spiro atoms. The zero-order chi connectivity index (χ0) is 23.7. The fraction of sp³-hybridized carbons (Fsp3) is 0.440. The van der Waals surface area contributed by atoms with Crippen molar-refractivity contribution in [2.24, 2.45) is 5.92 Å². The minimum atomic E-state index is -0.562. The van der Waals surface area contributed by atoms with Gasteiger partial charge in [-0.25, -0.2) is 0 Å². The molecule has 0 saturated carbocycles. The molecule has 7 heteroatoms. The Morgan fingerprint density at radius 1 is 1.12 bits per heavy atom. The molecule has 1 N–H and O–H groups in total. The maximum Gasteiger partial charge on any atom is 0.242 e. The lowest BCUT2D eigenvalue weighted by Crippen LogP contribution is -2.50. The highest BCUT2D eigenvalue weighted by atomic mass is 35.5. The minimum Gasteiger partial charge on any atom is -0.354 e. The fourth-order valence-electron chi connectivity index (χ4n) is 3.32. The van der Waals surface area contributed by atoms with Crippen LogP contribution in [0, 0.1) is 12.8 Å². The Kier molecular flexibility index (Phi) is 10.9. The second kappa shape index (κ2) is 13.1. The first-order valence-electron chi connectivity index (χ1n) is 10.9. The van der Waals surface area contributed by atoms with Gasteiger partial charge in [0.25, 0.3) is 0 Å². The number of amides is 2. The van der Waals surface area contributed by atoms with Crippen molar-refractivity contribution in [2.75, 3.05) is 12.3 Å². The van der Waals surface area contributed by atoms with Crippen molar-refractivity contribution in [3.8, 4) is 0 Å². The molecule has 0 saturated heterocycles. The van der Waals surface area contributed by atoms with Crippen molar-refractivity contribution in [2.45, 2.75) is 52.5 Å². The minimum absolute atomic E-state index is 0.0831. The van der Waals surface area contributed by atoms with Gasteiger partial charge in [0.2, 0.25) is 11.8 Å². The summed E-state index contributed by atoms with van der Waals surface area (Å²) in [7, 11) is 0. The monoisotopic (exact) mass is 494 g/mol. The number of nitrogens with zero attached hydrogens (tertiary/aromatic N) is 1. The van der Waals surface area contributed by atoms with Crippen molar-refractivity contribution >= 4 is 46.8 Å². The predicted octanol–water partition coefficient (Wildman–Crippen LogP) is 6.11. The second-order valence-corrected chi connectivity index (χ2v) is 10.1. The third-order valence-corrected chi connectivity index (χ3v) is 6.58. The highest BCUT2D eigenvalue weighted by Gasteiger charge is 2.29. The summed E-state index contributed by atoms with van der Waals surface area (Å²) < 4.78 is 0. The lowest BCUT2D eigenvalue weighted by molar-refractivity contribution is -0.139. The summed E-state index contributed by atoms with van der Waals surface area (Å²) >= 11 is 14.0. The van der Waals surface area contributed by atoms with E-state index in [4.69, 9.17) is 23.2 Å². The number of hydrogen-bond donors (Lipinski definition) is 1. The fourth-order valence-corrected chi connectivity index (χ4v) is 4.64. The van der Waals surface area contributed by atoms with Crippen LogP contribution in [0.1, 0.15) is 43.9 Å². The summed E-state index contributed by atoms with van der Waals surface area (Å²) in [6.07, 6.45) is 0.517. The van der Waals surface area contributed by atoms with E-state index in [0.29, 0.717) is 28.9 Å². The van der Waals surface area contributed by atoms with Crippen LogP contribution < -0.4 is 5.32 Å². The molecule has 0 radical (unpaired) electrons. The van der Waals surface area contributed by atoms with E-state index < -0.39 is 6.04 Å². The SMILES string of the molecule is CCC(C(=O)NCC(C)C)N(Cc1ccc(Cl)cc1Cl)C(=O)CSCc1cccc(C)c1. The summed E-state index contributed by atoms with van der Waals surface area (Å²) in [5.74, 6) is 1.13. The Balaban J connectivity index is 2.16. The molecule has 1 unspecified atom stereocenters. The highest BCUT2D eigenvalue weighted by Crippen LogP contribution is 2.24. The van der Waals surface area contributed by atoms with Gasteiger partial charge in [0.1, 0.15) is 6.04 Å². The van der Waals surface area contributed by atoms with Crippen LogP contribution in [0.2, 0.25) is 10.0 Å². The van der Waals surface area contributed by atoms with Crippen LogP contribution in [0.5, 0.6) is 0 Å². The lowest BCUT2D eigenvalue weighted by Gasteiger charge is -2.31. The number of thioether (sulfide) groups is 1. The van der Waals surface area contributed by atoms with Gasteiger partial charge in [0.05, 0.1) is 5.75 Å². The van der Waals surface area contributed by atoms with E-state index in [-0.39, 0.29) is 24.1 Å². The van der Waals surface area contributed by atoms with Crippen LogP contribution in [-0.4, -0.2) is 35.1 Å². The third kappa shape index (κ3) is 8.34. The Bertz CT molecular complexity index is 921. The average molecular weight is 496 g/mol. The van der Waals surface area contributed by atoms with E-state index in [0.717, 1.165) is 11.3 Å². The van der Waals surface area contributed by atoms with Gasteiger partial charge >= 0.3 is 0 Å². The summed E-state index contributed by atoms with van der Waals surface area (Å²) in [5.41, 5.74) is 3.14. The number of halogens is 2. The van der Waals surface area contributed by atoms with Crippen LogP contribution in [0.25, 0.3) is 0 Å². The topological polar surface area (TPSA) is 49.4 Å². The molecule has 1 atom stereocenters. The molecule has 0 bridgehead atoms. The van der Waals surface area contributed by atoms with Crippen LogP contribution in [0.15, 0.2) is 42.5 Å². The lowest BCUT2D eigenvalue weighted by atomic mass is 10.1. The number of carbonyl (C=O) groups excluding carboxylic acids is 2. The molecule has 0 fully saturated rings. The number of hydrogen-bond acceptors (Lipinski definition) is 3. The van der Waals surface area contributed by atoms with Crippen molar-refractivity contribution in [3.05, 3.63) is 69.2 Å². The Labute approximate surface area is 206 Å². The van der Waals surface area contributed by atoms with E-state index >= 15 is 0 Å². The van der Waals surface area contributed by atoms with Crippen molar-refractivity contribution < 1.29 is 9.59 Å². The Morgan fingerprint density at radius 2 is 1.88 bits per heavy atom. The molecule has 4 nitrogen and oxygen atoms in total. The normalized spacial score (nSPS) is 12.0. The zero-order valence-electron chi connectivity index (χ0n) is 19.2. The summed E-state index contributed by atoms with van der Waals surface area (Å²) in [4.78, 5) is 27.8. The van der Waals surface area contributed by atoms with Gasteiger partial charge in [-0.05, 0) is 42.5 Å². The number of nitrogens with one attached hydrogen (secondary N) is 1. The molecule has 2 aromatic rings. The average Bonchev–Trinajstić information content (AvgIpc) is 2.73. The van der Waals surface area contributed by atoms with Gasteiger partial charge in [-0.3, -0.25) is 9.59 Å². The molecule has 32 heavy (non-hydrogen) atoms. The molecule has 0 aliphatic carbocycles. The smallest absolute Gasteiger partial charge is 0.242 e. The van der Waals surface area contributed by atoms with Crippen LogP contribution in [0.4, 0.5) is 0 Å². The summed E-state index contributed by atoms with van der Waals surface area (Å²) in [5, 5.41) is 3.99. The largest absolute Gasteiger partial charge is 0.354 e. The molecule has 174 valence electrons. The maximum atomic E-state index is 13.3. The van der Waals surface area contributed by atoms with E-state index in [9.17, 15) is 9.59 Å². The molecule has 2 rings (SSSR count). The van der Waals surface area contributed by atoms with Crippen LogP contribution in [-0.2, 0) is 21.9 Å². The quantitative estimate of drug-likeness (QED) is 0.409. The van der Waals surface area contributed by atoms with E-state index in [1.807, 2.05) is 32.9 Å². The first kappa shape index (κ1) is 26.6. The van der Waals surface area contributed by atoms with E-state index in [1.54, 1.807) is 28.8 Å².